The van der Waals surface area contributed by atoms with Gasteiger partial charge in [0.1, 0.15) is 0 Å². The SMILES string of the molecule is COc1cc([N+](=O)[O-])cc(/C=N\NC(=O)C2CC2c2ccc(C(C)(C)C)cc2)c1O. The van der Waals surface area contributed by atoms with Crippen LogP contribution in [0.5, 0.6) is 11.5 Å². The van der Waals surface area contributed by atoms with E-state index < -0.39 is 4.92 Å². The Kier molecular flexibility index (Phi) is 5.78. The summed E-state index contributed by atoms with van der Waals surface area (Å²) in [4.78, 5) is 22.8. The Bertz CT molecular complexity index is 993. The number of nitrogens with zero attached hydrogens (tertiary/aromatic N) is 2. The molecule has 0 spiro atoms. The van der Waals surface area contributed by atoms with E-state index in [9.17, 15) is 20.0 Å². The largest absolute Gasteiger partial charge is 0.504 e. The van der Waals surface area contributed by atoms with Crippen LogP contribution in [0.4, 0.5) is 5.69 Å². The highest BCUT2D eigenvalue weighted by Crippen LogP contribution is 2.47. The fraction of sp³-hybridized carbons (Fsp3) is 0.364. The van der Waals surface area contributed by atoms with Crippen LogP contribution in [-0.4, -0.2) is 29.3 Å². The van der Waals surface area contributed by atoms with Crippen molar-refractivity contribution in [3.05, 3.63) is 63.2 Å². The normalized spacial score (nSPS) is 18.3. The third-order valence-electron chi connectivity index (χ3n) is 5.23. The van der Waals surface area contributed by atoms with Crippen LogP contribution >= 0.6 is 0 Å². The molecule has 1 fully saturated rings. The number of carbonyl (C=O) groups is 1. The van der Waals surface area contributed by atoms with Gasteiger partial charge in [-0.05, 0) is 28.9 Å². The third kappa shape index (κ3) is 4.59. The highest BCUT2D eigenvalue weighted by atomic mass is 16.6. The van der Waals surface area contributed by atoms with Gasteiger partial charge >= 0.3 is 0 Å². The van der Waals surface area contributed by atoms with Gasteiger partial charge in [0, 0.05) is 17.5 Å². The van der Waals surface area contributed by atoms with Crippen LogP contribution in [0, 0.1) is 16.0 Å². The maximum absolute atomic E-state index is 12.4. The van der Waals surface area contributed by atoms with Crippen LogP contribution in [0.2, 0.25) is 0 Å². The van der Waals surface area contributed by atoms with Crippen LogP contribution in [-0.2, 0) is 10.2 Å². The molecule has 30 heavy (non-hydrogen) atoms. The van der Waals surface area contributed by atoms with E-state index in [0.29, 0.717) is 0 Å². The van der Waals surface area contributed by atoms with Gasteiger partial charge in [0.2, 0.25) is 5.91 Å². The molecule has 8 nitrogen and oxygen atoms in total. The number of phenolic OH excluding ortho intramolecular Hbond substituents is 1. The lowest BCUT2D eigenvalue weighted by molar-refractivity contribution is -0.385. The van der Waals surface area contributed by atoms with E-state index in [1.165, 1.54) is 12.7 Å². The summed E-state index contributed by atoms with van der Waals surface area (Å²) >= 11 is 0. The monoisotopic (exact) mass is 411 g/mol. The molecule has 1 aliphatic rings. The first-order valence-electron chi connectivity index (χ1n) is 9.60. The number of phenols is 1. The van der Waals surface area contributed by atoms with Gasteiger partial charge in [0.25, 0.3) is 5.69 Å². The van der Waals surface area contributed by atoms with Crippen molar-refractivity contribution >= 4 is 17.8 Å². The molecule has 1 saturated carbocycles. The molecule has 0 radical (unpaired) electrons. The smallest absolute Gasteiger partial charge is 0.274 e. The Balaban J connectivity index is 1.64. The van der Waals surface area contributed by atoms with Crippen molar-refractivity contribution in [3.8, 4) is 11.5 Å². The molecule has 0 saturated heterocycles. The van der Waals surface area contributed by atoms with Gasteiger partial charge in [-0.25, -0.2) is 5.43 Å². The van der Waals surface area contributed by atoms with Crippen molar-refractivity contribution in [3.63, 3.8) is 0 Å². The average Bonchev–Trinajstić information content (AvgIpc) is 3.49. The molecular formula is C22H25N3O5. The number of carbonyl (C=O) groups excluding carboxylic acids is 1. The first kappa shape index (κ1) is 21.3. The molecule has 2 unspecified atom stereocenters. The summed E-state index contributed by atoms with van der Waals surface area (Å²) in [6, 6.07) is 10.6. The van der Waals surface area contributed by atoms with E-state index in [0.717, 1.165) is 30.3 Å². The lowest BCUT2D eigenvalue weighted by Crippen LogP contribution is -2.20. The average molecular weight is 411 g/mol. The molecule has 2 aromatic carbocycles. The van der Waals surface area contributed by atoms with Crippen LogP contribution in [0.3, 0.4) is 0 Å². The molecule has 2 atom stereocenters. The molecule has 0 aliphatic heterocycles. The number of rotatable bonds is 6. The highest BCUT2D eigenvalue weighted by Gasteiger charge is 2.44. The number of ether oxygens (including phenoxy) is 1. The summed E-state index contributed by atoms with van der Waals surface area (Å²) in [5, 5.41) is 25.0. The molecule has 0 aromatic heterocycles. The van der Waals surface area contributed by atoms with Crippen LogP contribution in [0.15, 0.2) is 41.5 Å². The summed E-state index contributed by atoms with van der Waals surface area (Å²) in [6.45, 7) is 6.46. The number of non-ortho nitro benzene ring substituents is 1. The number of hydrogen-bond donors (Lipinski definition) is 2. The minimum absolute atomic E-state index is 0.0436. The minimum atomic E-state index is -0.600. The van der Waals surface area contributed by atoms with Crippen molar-refractivity contribution in [2.75, 3.05) is 7.11 Å². The number of nitro benzene ring substituents is 1. The predicted octanol–water partition coefficient (Wildman–Crippen LogP) is 3.86. The number of hydrogen-bond acceptors (Lipinski definition) is 6. The number of nitro groups is 1. The fourth-order valence-electron chi connectivity index (χ4n) is 3.31. The van der Waals surface area contributed by atoms with Crippen molar-refractivity contribution in [1.29, 1.82) is 0 Å². The van der Waals surface area contributed by atoms with Gasteiger partial charge in [-0.15, -0.1) is 0 Å². The first-order valence-corrected chi connectivity index (χ1v) is 9.60. The van der Waals surface area contributed by atoms with Crippen molar-refractivity contribution in [2.45, 2.75) is 38.5 Å². The van der Waals surface area contributed by atoms with Gasteiger partial charge < -0.3 is 9.84 Å². The molecule has 8 heteroatoms. The van der Waals surface area contributed by atoms with Gasteiger partial charge in [-0.1, -0.05) is 45.0 Å². The van der Waals surface area contributed by atoms with Gasteiger partial charge in [-0.3, -0.25) is 14.9 Å². The predicted molar refractivity (Wildman–Crippen MR) is 113 cm³/mol. The molecule has 1 aliphatic carbocycles. The van der Waals surface area contributed by atoms with E-state index in [-0.39, 0.29) is 45.9 Å². The number of aromatic hydroxyl groups is 1. The third-order valence-corrected chi connectivity index (χ3v) is 5.23. The minimum Gasteiger partial charge on any atom is -0.504 e. The second kappa shape index (κ2) is 8.14. The molecule has 2 aromatic rings. The summed E-state index contributed by atoms with van der Waals surface area (Å²) in [5.74, 6) is -0.577. The number of amides is 1. The van der Waals surface area contributed by atoms with E-state index in [4.69, 9.17) is 4.74 Å². The zero-order chi connectivity index (χ0) is 22.1. The Morgan fingerprint density at radius 2 is 1.97 bits per heavy atom. The molecule has 0 bridgehead atoms. The Morgan fingerprint density at radius 3 is 2.53 bits per heavy atom. The lowest BCUT2D eigenvalue weighted by Gasteiger charge is -2.19. The molecule has 1 amide bonds. The summed E-state index contributed by atoms with van der Waals surface area (Å²) < 4.78 is 4.94. The van der Waals surface area contributed by atoms with E-state index in [2.05, 4.69) is 55.6 Å². The number of hydrazone groups is 1. The molecule has 2 N–H and O–H groups in total. The highest BCUT2D eigenvalue weighted by molar-refractivity contribution is 5.88. The first-order chi connectivity index (χ1) is 14.1. The Hall–Kier alpha value is -3.42. The zero-order valence-electron chi connectivity index (χ0n) is 17.4. The van der Waals surface area contributed by atoms with E-state index in [1.807, 2.05) is 0 Å². The Labute approximate surface area is 174 Å². The van der Waals surface area contributed by atoms with Crippen LogP contribution < -0.4 is 10.2 Å². The van der Waals surface area contributed by atoms with Crippen molar-refractivity contribution in [1.82, 2.24) is 5.43 Å². The van der Waals surface area contributed by atoms with Gasteiger partial charge in [0.15, 0.2) is 11.5 Å². The molecular weight excluding hydrogens is 386 g/mol. The fourth-order valence-corrected chi connectivity index (χ4v) is 3.31. The summed E-state index contributed by atoms with van der Waals surface area (Å²) in [5.41, 5.74) is 4.71. The Morgan fingerprint density at radius 1 is 1.30 bits per heavy atom. The van der Waals surface area contributed by atoms with Crippen molar-refractivity contribution < 1.29 is 19.6 Å². The molecule has 0 heterocycles. The van der Waals surface area contributed by atoms with Crippen LogP contribution in [0.1, 0.15) is 49.8 Å². The second-order valence-corrected chi connectivity index (χ2v) is 8.40. The van der Waals surface area contributed by atoms with Gasteiger partial charge in [0.05, 0.1) is 24.3 Å². The zero-order valence-corrected chi connectivity index (χ0v) is 17.4. The van der Waals surface area contributed by atoms with Crippen LogP contribution in [0.25, 0.3) is 0 Å². The maximum Gasteiger partial charge on any atom is 0.274 e. The maximum atomic E-state index is 12.4. The lowest BCUT2D eigenvalue weighted by atomic mass is 9.86. The second-order valence-electron chi connectivity index (χ2n) is 8.40. The summed E-state index contributed by atoms with van der Waals surface area (Å²) in [7, 11) is 1.29. The van der Waals surface area contributed by atoms with E-state index in [1.54, 1.807) is 0 Å². The van der Waals surface area contributed by atoms with Crippen molar-refractivity contribution in [2.24, 2.45) is 11.0 Å². The molecule has 3 rings (SSSR count). The standard InChI is InChI=1S/C22H25N3O5/c1-22(2,3)15-7-5-13(6-8-15)17-11-18(17)21(27)24-23-12-14-9-16(25(28)29)10-19(30-4)20(14)26/h5-10,12,17-18,26H,11H2,1-4H3,(H,24,27)/b23-12-. The molecule has 158 valence electrons. The van der Waals surface area contributed by atoms with Gasteiger partial charge in [-0.2, -0.15) is 5.10 Å². The number of methoxy groups -OCH3 is 1. The number of nitrogens with one attached hydrogen (secondary N) is 1. The summed E-state index contributed by atoms with van der Waals surface area (Å²) in [6.07, 6.45) is 1.91. The number of benzene rings is 2. The van der Waals surface area contributed by atoms with E-state index >= 15 is 0 Å². The topological polar surface area (TPSA) is 114 Å². The quantitative estimate of drug-likeness (QED) is 0.426.